The molecular formula is C29H50F3NO12SSi. The van der Waals surface area contributed by atoms with Gasteiger partial charge in [-0.3, -0.25) is 14.4 Å². The molecule has 3 rings (SSSR count). The first kappa shape index (κ1) is 42.7. The first-order valence-electron chi connectivity index (χ1n) is 15.2. The fourth-order valence-electron chi connectivity index (χ4n) is 4.90. The number of nitrogens with zero attached hydrogens (tertiary/aromatic N) is 1. The van der Waals surface area contributed by atoms with Gasteiger partial charge in [-0.1, -0.05) is 34.6 Å². The van der Waals surface area contributed by atoms with Gasteiger partial charge in [0.1, 0.15) is 19.3 Å². The molecule has 10 atom stereocenters. The first-order valence-corrected chi connectivity index (χ1v) is 20.1. The van der Waals surface area contributed by atoms with E-state index >= 15 is 0 Å². The van der Waals surface area contributed by atoms with Gasteiger partial charge >= 0.3 is 33.5 Å². The van der Waals surface area contributed by atoms with Gasteiger partial charge in [0, 0.05) is 33.6 Å². The van der Waals surface area contributed by atoms with Crippen LogP contribution in [-0.2, 0) is 56.8 Å². The molecule has 0 aromatic rings. The van der Waals surface area contributed by atoms with Crippen LogP contribution in [0.3, 0.4) is 0 Å². The summed E-state index contributed by atoms with van der Waals surface area (Å²) < 4.78 is 91.9. The summed E-state index contributed by atoms with van der Waals surface area (Å²) in [5, 5.41) is 0. The van der Waals surface area contributed by atoms with Crippen molar-refractivity contribution in [2.45, 2.75) is 118 Å². The molecule has 0 aliphatic carbocycles. The van der Waals surface area contributed by atoms with Crippen LogP contribution in [0.2, 0.25) is 19.6 Å². The van der Waals surface area contributed by atoms with E-state index in [9.17, 15) is 36.0 Å². The molecule has 3 heterocycles. The molecule has 0 spiro atoms. The number of rotatable bonds is 7. The van der Waals surface area contributed by atoms with E-state index in [0.717, 1.165) is 0 Å². The van der Waals surface area contributed by atoms with E-state index in [1.54, 1.807) is 0 Å². The second-order valence-corrected chi connectivity index (χ2v) is 19.2. The third-order valence-electron chi connectivity index (χ3n) is 7.97. The second kappa shape index (κ2) is 17.4. The molecule has 10 unspecified atom stereocenters. The lowest BCUT2D eigenvalue weighted by Crippen LogP contribution is -2.49. The number of hydrogen-bond donors (Lipinski definition) is 0. The quantitative estimate of drug-likeness (QED) is 0.153. The predicted molar refractivity (Wildman–Crippen MR) is 166 cm³/mol. The summed E-state index contributed by atoms with van der Waals surface area (Å²) in [5.41, 5.74) is -5.31. The average molecular weight is 722 g/mol. The highest BCUT2D eigenvalue weighted by Crippen LogP contribution is 2.37. The first-order chi connectivity index (χ1) is 21.3. The summed E-state index contributed by atoms with van der Waals surface area (Å²) in [6.45, 7) is 20.9. The van der Waals surface area contributed by atoms with Gasteiger partial charge in [-0.2, -0.15) is 21.6 Å². The maximum absolute atomic E-state index is 11.7. The zero-order valence-electron chi connectivity index (χ0n) is 29.1. The summed E-state index contributed by atoms with van der Waals surface area (Å²) in [7, 11) is -8.10. The van der Waals surface area contributed by atoms with Crippen molar-refractivity contribution in [3.8, 4) is 0 Å². The molecule has 0 aromatic carbocycles. The minimum Gasteiger partial charge on any atom is -0.463 e. The Balaban J connectivity index is 0.000000361. The molecule has 0 N–H and O–H groups in total. The molecule has 0 bridgehead atoms. The van der Waals surface area contributed by atoms with Crippen LogP contribution in [0.4, 0.5) is 13.2 Å². The topological polar surface area (TPSA) is 162 Å². The maximum Gasteiger partial charge on any atom is 0.522 e. The van der Waals surface area contributed by atoms with Crippen LogP contribution in [0.25, 0.3) is 0 Å². The van der Waals surface area contributed by atoms with Crippen molar-refractivity contribution in [3.05, 3.63) is 0 Å². The molecule has 3 aliphatic heterocycles. The molecule has 0 amide bonds. The lowest BCUT2D eigenvalue weighted by Gasteiger charge is -2.42. The maximum atomic E-state index is 11.7. The Hall–Kier alpha value is -2.28. The van der Waals surface area contributed by atoms with Crippen LogP contribution in [0.5, 0.6) is 0 Å². The summed E-state index contributed by atoms with van der Waals surface area (Å²) >= 11 is 0. The summed E-state index contributed by atoms with van der Waals surface area (Å²) in [6.07, 6.45) is -1.23. The van der Waals surface area contributed by atoms with E-state index in [2.05, 4.69) is 36.6 Å². The van der Waals surface area contributed by atoms with E-state index in [1.165, 1.54) is 40.4 Å². The number of esters is 3. The molecule has 2 saturated heterocycles. The van der Waals surface area contributed by atoms with Crippen LogP contribution in [0.1, 0.15) is 62.3 Å². The largest absolute Gasteiger partial charge is 0.522 e. The SMILES string of the molecule is CC(=O)OCC1OC(OC(C)=O)C(C)C(C)C1C.CC(=O)OCC1OC2OC(C)=NC2C(C)C1C.C[Si](C)(C)OS(=O)(=O)C(F)(F)F. The van der Waals surface area contributed by atoms with Crippen molar-refractivity contribution in [2.24, 2.45) is 34.6 Å². The Bertz CT molecular complexity index is 1210. The highest BCUT2D eigenvalue weighted by Gasteiger charge is 2.49. The van der Waals surface area contributed by atoms with Crippen molar-refractivity contribution >= 4 is 42.2 Å². The lowest BCUT2D eigenvalue weighted by molar-refractivity contribution is -0.248. The van der Waals surface area contributed by atoms with Crippen molar-refractivity contribution in [1.82, 2.24) is 0 Å². The van der Waals surface area contributed by atoms with Crippen LogP contribution in [-0.4, -0.2) is 90.1 Å². The molecule has 47 heavy (non-hydrogen) atoms. The van der Waals surface area contributed by atoms with Gasteiger partial charge in [0.25, 0.3) is 0 Å². The van der Waals surface area contributed by atoms with E-state index in [-0.39, 0.29) is 73.4 Å². The molecule has 13 nitrogen and oxygen atoms in total. The van der Waals surface area contributed by atoms with Gasteiger partial charge in [-0.25, -0.2) is 4.99 Å². The number of fused-ring (bicyclic) bond motifs is 1. The fraction of sp³-hybridized carbons (Fsp3) is 0.862. The number of hydrogen-bond acceptors (Lipinski definition) is 13. The minimum absolute atomic E-state index is 0.0681. The number of alkyl halides is 3. The number of ether oxygens (including phenoxy) is 6. The third kappa shape index (κ3) is 13.6. The lowest BCUT2D eigenvalue weighted by atomic mass is 9.79. The van der Waals surface area contributed by atoms with Crippen LogP contribution in [0.15, 0.2) is 4.99 Å². The summed E-state index contributed by atoms with van der Waals surface area (Å²) in [5.74, 6) is 1.02. The van der Waals surface area contributed by atoms with Gasteiger partial charge in [0.15, 0.2) is 5.90 Å². The van der Waals surface area contributed by atoms with Crippen LogP contribution >= 0.6 is 0 Å². The highest BCUT2D eigenvalue weighted by atomic mass is 32.2. The molecule has 2 fully saturated rings. The Kier molecular flexibility index (Phi) is 15.8. The van der Waals surface area contributed by atoms with Gasteiger partial charge in [0.05, 0.1) is 12.2 Å². The van der Waals surface area contributed by atoms with E-state index in [1.807, 2.05) is 13.8 Å². The number of carbonyl (C=O) groups is 3. The second-order valence-electron chi connectivity index (χ2n) is 12.9. The normalized spacial score (nSPS) is 32.1. The molecule has 3 aliphatic rings. The van der Waals surface area contributed by atoms with Crippen molar-refractivity contribution in [1.29, 1.82) is 0 Å². The third-order valence-corrected chi connectivity index (χ3v) is 11.4. The molecular weight excluding hydrogens is 671 g/mol. The van der Waals surface area contributed by atoms with Gasteiger partial charge < -0.3 is 32.3 Å². The Labute approximate surface area is 276 Å². The number of aliphatic imine (C=N–C) groups is 1. The predicted octanol–water partition coefficient (Wildman–Crippen LogP) is 4.80. The molecule has 18 heteroatoms. The fourth-order valence-corrected chi connectivity index (χ4v) is 7.91. The van der Waals surface area contributed by atoms with Crippen molar-refractivity contribution < 1.29 is 68.3 Å². The number of carbonyl (C=O) groups excluding carboxylic acids is 3. The summed E-state index contributed by atoms with van der Waals surface area (Å²) in [4.78, 5) is 37.1. The van der Waals surface area contributed by atoms with Crippen molar-refractivity contribution in [3.63, 3.8) is 0 Å². The van der Waals surface area contributed by atoms with E-state index < -0.39 is 30.2 Å². The molecule has 274 valence electrons. The van der Waals surface area contributed by atoms with Gasteiger partial charge in [-0.15, -0.1) is 0 Å². The Morgan fingerprint density at radius 2 is 1.26 bits per heavy atom. The van der Waals surface area contributed by atoms with E-state index in [0.29, 0.717) is 17.7 Å². The zero-order chi connectivity index (χ0) is 36.7. The smallest absolute Gasteiger partial charge is 0.463 e. The van der Waals surface area contributed by atoms with E-state index in [4.69, 9.17) is 28.4 Å². The monoisotopic (exact) mass is 721 g/mol. The van der Waals surface area contributed by atoms with Crippen molar-refractivity contribution in [2.75, 3.05) is 13.2 Å². The average Bonchev–Trinajstić information content (AvgIpc) is 3.28. The van der Waals surface area contributed by atoms with Crippen LogP contribution < -0.4 is 0 Å². The Morgan fingerprint density at radius 3 is 1.66 bits per heavy atom. The summed E-state index contributed by atoms with van der Waals surface area (Å²) in [6, 6.07) is 0.0681. The number of halogens is 3. The zero-order valence-corrected chi connectivity index (χ0v) is 30.9. The van der Waals surface area contributed by atoms with Crippen LogP contribution in [0, 0.1) is 29.6 Å². The minimum atomic E-state index is -5.39. The standard InChI is InChI=1S/C13H22O5.C12H19NO4.C4H9F3O3SSi/c1-7-8(2)12(6-16-10(4)14)18-13(9(7)3)17-11(5)15;1-6-7(2)11-12(16-8(3)13-11)17-10(6)5-15-9(4)14;1-12(2,3)10-11(8,9)4(5,6)7/h7-9,12-13H,6H2,1-5H3;6-7,10-12H,5H2,1-4H3;1-3H3. The van der Waals surface area contributed by atoms with Gasteiger partial charge in [-0.05, 0) is 43.3 Å². The molecule has 0 saturated carbocycles. The highest BCUT2D eigenvalue weighted by molar-refractivity contribution is 7.88. The Morgan fingerprint density at radius 1 is 0.787 bits per heavy atom. The molecule has 0 aromatic heterocycles. The molecule has 0 radical (unpaired) electrons. The van der Waals surface area contributed by atoms with Gasteiger partial charge in [0.2, 0.25) is 20.9 Å².